The van der Waals surface area contributed by atoms with E-state index >= 15 is 0 Å². The van der Waals surface area contributed by atoms with Crippen LogP contribution in [0.2, 0.25) is 0 Å². The number of aliphatic imine (C=N–C) groups is 1. The summed E-state index contributed by atoms with van der Waals surface area (Å²) in [6.07, 6.45) is 1.10. The Labute approximate surface area is 586 Å². The highest BCUT2D eigenvalue weighted by Gasteiger charge is 2.40. The Kier molecular flexibility index (Phi) is 35.1. The normalized spacial score (nSPS) is 23.1. The van der Waals surface area contributed by atoms with E-state index in [0.717, 1.165) is 6.42 Å². The number of rotatable bonds is 31. The summed E-state index contributed by atoms with van der Waals surface area (Å²) in [5.74, 6) is -15.5. The van der Waals surface area contributed by atoms with Crippen molar-refractivity contribution in [3.05, 3.63) is 54.1 Å². The summed E-state index contributed by atoms with van der Waals surface area (Å²) >= 11 is 1.35. The number of nitrogens with one attached hydrogen (secondary N) is 12. The van der Waals surface area contributed by atoms with Crippen LogP contribution in [-0.4, -0.2) is 193 Å². The van der Waals surface area contributed by atoms with Crippen molar-refractivity contribution in [1.82, 2.24) is 68.5 Å². The zero-order chi connectivity index (χ0) is 74.3. The van der Waals surface area contributed by atoms with Crippen LogP contribution in [0, 0.1) is 23.7 Å². The van der Waals surface area contributed by atoms with Crippen LogP contribution in [-0.2, 0) is 73.5 Å². The number of imidazole rings is 1. The highest BCUT2D eigenvalue weighted by atomic mass is 32.2. The van der Waals surface area contributed by atoms with E-state index in [1.165, 1.54) is 36.4 Å². The molecular weight excluding hydrogens is 1320 g/mol. The van der Waals surface area contributed by atoms with Crippen LogP contribution in [0.4, 0.5) is 0 Å². The number of nitrogens with zero attached hydrogens (tertiary/aromatic N) is 2. The van der Waals surface area contributed by atoms with Gasteiger partial charge in [-0.2, -0.15) is 0 Å². The molecule has 4 rings (SSSR count). The number of H-pyrrole nitrogens is 1. The Balaban J connectivity index is 1.78. The maximum Gasteiger partial charge on any atom is 0.305 e. The van der Waals surface area contributed by atoms with Gasteiger partial charge in [-0.1, -0.05) is 105 Å². The molecule has 1 aromatic carbocycles. The van der Waals surface area contributed by atoms with Gasteiger partial charge < -0.3 is 90.9 Å². The van der Waals surface area contributed by atoms with Crippen LogP contribution in [0.3, 0.4) is 0 Å². The first-order valence-corrected chi connectivity index (χ1v) is 35.1. The highest BCUT2D eigenvalue weighted by Crippen LogP contribution is 2.25. The highest BCUT2D eigenvalue weighted by molar-refractivity contribution is 8.14. The van der Waals surface area contributed by atoms with E-state index in [0.29, 0.717) is 17.9 Å². The standard InChI is InChI=1S/C66H103N17O16S/c1-9-18-37(8)53-64(98)83-54(38-19-13-12-14-20-38)65(99)79-44(28-39-31-70-33-72-39)60(94)78-46(30-50(87)88)61(95)77-45(29-48(68)84)55(89)71-26-16-15-21-40(56(90)73-41(22-17-25-67)57(91)82-53)75-63(97)52(36(7)11-3)81-58(92)42(23-24-49(85)86)74-59(93)43(27-34(4)5)76-62(96)47-32-100-66(80-47)51(69)35(6)10-2/h12-14,19-20,31,33-37,40-47,51-54H,9-11,15-18,21-30,32,67,69H2,1-8H3,(H2,68,84)(H,70,72)(H,71,89)(H,73,90)(H,74,93)(H,75,97)(H,76,96)(H,77,95)(H,78,94)(H,79,99)(H,81,92)(H,82,91)(H,83,98)(H,85,86)(H,87,88). The summed E-state index contributed by atoms with van der Waals surface area (Å²) in [5, 5.41) is 49.1. The predicted molar refractivity (Wildman–Crippen MR) is 369 cm³/mol. The van der Waals surface area contributed by atoms with Crippen LogP contribution < -0.4 is 75.7 Å². The summed E-state index contributed by atoms with van der Waals surface area (Å²) < 4.78 is 0. The van der Waals surface area contributed by atoms with Crippen LogP contribution in [0.5, 0.6) is 0 Å². The number of hydrogen-bond acceptors (Lipinski definition) is 19. The third-order valence-corrected chi connectivity index (χ3v) is 18.5. The van der Waals surface area contributed by atoms with Crippen molar-refractivity contribution in [2.45, 2.75) is 224 Å². The second kappa shape index (κ2) is 42.1. The van der Waals surface area contributed by atoms with Gasteiger partial charge in [-0.25, -0.2) is 4.98 Å². The van der Waals surface area contributed by atoms with Crippen molar-refractivity contribution < 1.29 is 77.3 Å². The monoisotopic (exact) mass is 1420 g/mol. The second-order valence-corrected chi connectivity index (χ2v) is 27.0. The van der Waals surface area contributed by atoms with Gasteiger partial charge in [0.1, 0.15) is 66.5 Å². The van der Waals surface area contributed by atoms with Gasteiger partial charge in [-0.3, -0.25) is 72.1 Å². The molecule has 1 fully saturated rings. The minimum Gasteiger partial charge on any atom is -0.481 e. The first-order chi connectivity index (χ1) is 47.4. The summed E-state index contributed by atoms with van der Waals surface area (Å²) in [5.41, 5.74) is 18.4. The maximum atomic E-state index is 14.9. The van der Waals surface area contributed by atoms with Gasteiger partial charge in [0.05, 0.1) is 30.3 Å². The lowest BCUT2D eigenvalue weighted by atomic mass is 9.94. The molecule has 12 amide bonds. The molecule has 15 atom stereocenters. The van der Waals surface area contributed by atoms with Crippen molar-refractivity contribution >= 4 is 99.6 Å². The number of amides is 12. The molecule has 2 aliphatic rings. The lowest BCUT2D eigenvalue weighted by Gasteiger charge is -2.31. The summed E-state index contributed by atoms with van der Waals surface area (Å²) in [7, 11) is 0. The zero-order valence-electron chi connectivity index (χ0n) is 58.2. The Morgan fingerprint density at radius 1 is 0.680 bits per heavy atom. The van der Waals surface area contributed by atoms with Crippen molar-refractivity contribution in [3.8, 4) is 0 Å². The SMILES string of the molecule is CCCC(C)C1NC(=O)C(CCCN)NC(=O)C(NC(=O)C(NC(=O)C(CCC(=O)O)NC(=O)C(CC(C)C)NC(=O)C2CSC(C(N)C(C)CC)=N2)C(C)CC)CCCCNC(=O)C(CC(N)=O)NC(=O)C(CC(=O)O)NC(=O)C(Cc2cnc[nH]2)NC(=O)C(c2ccccc2)NC1=O. The molecule has 0 radical (unpaired) electrons. The number of nitrogens with two attached hydrogens (primary N) is 3. The fraction of sp³-hybridized carbons (Fsp3) is 0.636. The minimum atomic E-state index is -1.95. The predicted octanol–water partition coefficient (Wildman–Crippen LogP) is -1.16. The minimum absolute atomic E-state index is 0.000130. The molecule has 0 bridgehead atoms. The largest absolute Gasteiger partial charge is 0.481 e. The van der Waals surface area contributed by atoms with E-state index in [2.05, 4.69) is 73.4 Å². The quantitative estimate of drug-likeness (QED) is 0.0423. The Bertz CT molecular complexity index is 3160. The fourth-order valence-electron chi connectivity index (χ4n) is 11.1. The molecule has 3 heterocycles. The average molecular weight is 1420 g/mol. The maximum absolute atomic E-state index is 14.9. The van der Waals surface area contributed by atoms with Crippen LogP contribution >= 0.6 is 11.8 Å². The van der Waals surface area contributed by atoms with Crippen molar-refractivity contribution in [2.24, 2.45) is 45.9 Å². The number of aromatic nitrogens is 2. The lowest BCUT2D eigenvalue weighted by Crippen LogP contribution is -2.61. The molecule has 0 aliphatic carbocycles. The molecular formula is C66H103N17O16S. The molecule has 33 nitrogen and oxygen atoms in total. The van der Waals surface area contributed by atoms with E-state index in [9.17, 15) is 77.3 Å². The molecule has 34 heteroatoms. The first kappa shape index (κ1) is 83.4. The van der Waals surface area contributed by atoms with Gasteiger partial charge in [0.2, 0.25) is 70.9 Å². The van der Waals surface area contributed by atoms with E-state index in [4.69, 9.17) is 17.2 Å². The van der Waals surface area contributed by atoms with Gasteiger partial charge in [0.15, 0.2) is 0 Å². The number of aliphatic carboxylic acids is 2. The van der Waals surface area contributed by atoms with Crippen molar-refractivity contribution in [3.63, 3.8) is 0 Å². The topological polar surface area (TPSA) is 531 Å². The number of hydrogen-bond donors (Lipinski definition) is 17. The second-order valence-electron chi connectivity index (χ2n) is 25.9. The van der Waals surface area contributed by atoms with E-state index in [-0.39, 0.29) is 93.3 Å². The van der Waals surface area contributed by atoms with Crippen LogP contribution in [0.15, 0.2) is 47.8 Å². The van der Waals surface area contributed by atoms with E-state index in [1.54, 1.807) is 39.0 Å². The van der Waals surface area contributed by atoms with Crippen molar-refractivity contribution in [2.75, 3.05) is 18.8 Å². The molecule has 2 aromatic rings. The van der Waals surface area contributed by atoms with Gasteiger partial charge in [0, 0.05) is 37.0 Å². The number of carbonyl (C=O) groups excluding carboxylic acids is 12. The van der Waals surface area contributed by atoms with E-state index in [1.807, 2.05) is 34.6 Å². The smallest absolute Gasteiger partial charge is 0.305 e. The summed E-state index contributed by atoms with van der Waals surface area (Å²) in [6.45, 7) is 14.2. The number of carboxylic acids is 2. The van der Waals surface area contributed by atoms with E-state index < -0.39 is 193 Å². The number of aromatic amines is 1. The van der Waals surface area contributed by atoms with Crippen LogP contribution in [0.1, 0.15) is 163 Å². The number of carboxylic acid groups (broad SMARTS) is 2. The van der Waals surface area contributed by atoms with Gasteiger partial charge in [-0.05, 0) is 87.1 Å². The molecule has 1 aromatic heterocycles. The molecule has 15 unspecified atom stereocenters. The Hall–Kier alpha value is -9.05. The fourth-order valence-corrected chi connectivity index (χ4v) is 12.3. The number of thioether (sulfide) groups is 1. The average Bonchev–Trinajstić information content (AvgIpc) is 1.32. The molecule has 100 heavy (non-hydrogen) atoms. The number of benzene rings is 1. The summed E-state index contributed by atoms with van der Waals surface area (Å²) in [6, 6.07) is -9.11. The first-order valence-electron chi connectivity index (χ1n) is 34.1. The summed E-state index contributed by atoms with van der Waals surface area (Å²) in [4.78, 5) is 207. The lowest BCUT2D eigenvalue weighted by molar-refractivity contribution is -0.142. The van der Waals surface area contributed by atoms with Crippen molar-refractivity contribution in [1.29, 1.82) is 0 Å². The number of primary amides is 1. The molecule has 1 saturated heterocycles. The molecule has 0 saturated carbocycles. The Morgan fingerprint density at radius 3 is 1.91 bits per heavy atom. The van der Waals surface area contributed by atoms with Gasteiger partial charge >= 0.3 is 11.9 Å². The third-order valence-electron chi connectivity index (χ3n) is 17.3. The van der Waals surface area contributed by atoms with Gasteiger partial charge in [-0.15, -0.1) is 11.8 Å². The Morgan fingerprint density at radius 2 is 1.31 bits per heavy atom. The third kappa shape index (κ3) is 27.2. The van der Waals surface area contributed by atoms with Gasteiger partial charge in [0.25, 0.3) is 0 Å². The molecule has 2 aliphatic heterocycles. The van der Waals surface area contributed by atoms with Crippen LogP contribution in [0.25, 0.3) is 0 Å². The number of carbonyl (C=O) groups is 14. The molecule has 0 spiro atoms. The zero-order valence-corrected chi connectivity index (χ0v) is 59.0. The molecule has 554 valence electrons. The molecule has 20 N–H and O–H groups in total.